The smallest absolute Gasteiger partial charge is 0.223 e. The molecular weight excluding hydrogens is 124 g/mol. The molecule has 0 aliphatic heterocycles. The van der Waals surface area contributed by atoms with Gasteiger partial charge in [-0.05, 0) is 0 Å². The summed E-state index contributed by atoms with van der Waals surface area (Å²) in [5, 5.41) is 13.0. The Balaban J connectivity index is 2.98. The zero-order valence-corrected chi connectivity index (χ0v) is 4.62. The largest absolute Gasteiger partial charge is 0.541 e. The van der Waals surface area contributed by atoms with Crippen LogP contribution in [0.15, 0.2) is 4.52 Å². The standard InChI is InChI=1S/C4H4N2O3/c1-2-5-3(4(7)8)6-9-2/h1H3,(H,7,8)/p-1. The highest BCUT2D eigenvalue weighted by Crippen LogP contribution is 1.91. The van der Waals surface area contributed by atoms with E-state index in [9.17, 15) is 9.90 Å². The second-order valence-electron chi connectivity index (χ2n) is 1.42. The average Bonchev–Trinajstić information content (AvgIpc) is 2.14. The zero-order chi connectivity index (χ0) is 6.85. The van der Waals surface area contributed by atoms with Crippen LogP contribution >= 0.6 is 0 Å². The Hall–Kier alpha value is -1.39. The van der Waals surface area contributed by atoms with E-state index in [2.05, 4.69) is 14.7 Å². The van der Waals surface area contributed by atoms with Gasteiger partial charge in [0.25, 0.3) is 0 Å². The second kappa shape index (κ2) is 1.85. The first-order valence-electron chi connectivity index (χ1n) is 2.22. The molecule has 5 heteroatoms. The van der Waals surface area contributed by atoms with Gasteiger partial charge in [-0.15, -0.1) is 0 Å². The molecule has 5 nitrogen and oxygen atoms in total. The highest BCUT2D eigenvalue weighted by molar-refractivity contribution is 5.80. The minimum Gasteiger partial charge on any atom is -0.541 e. The number of hydrogen-bond donors (Lipinski definition) is 0. The molecular formula is C4H3N2O3-. The quantitative estimate of drug-likeness (QED) is 0.470. The van der Waals surface area contributed by atoms with Crippen LogP contribution in [0.2, 0.25) is 0 Å². The predicted octanol–water partition coefficient (Wildman–Crippen LogP) is -1.26. The zero-order valence-electron chi connectivity index (χ0n) is 4.62. The third-order valence-electron chi connectivity index (χ3n) is 0.710. The topological polar surface area (TPSA) is 79.0 Å². The molecule has 0 aromatic carbocycles. The van der Waals surface area contributed by atoms with Crippen molar-refractivity contribution in [2.24, 2.45) is 0 Å². The van der Waals surface area contributed by atoms with Crippen LogP contribution in [0.1, 0.15) is 16.5 Å². The first-order chi connectivity index (χ1) is 4.20. The average molecular weight is 127 g/mol. The molecule has 0 aliphatic rings. The van der Waals surface area contributed by atoms with Gasteiger partial charge < -0.3 is 14.4 Å². The van der Waals surface area contributed by atoms with Crippen LogP contribution in [0.3, 0.4) is 0 Å². The summed E-state index contributed by atoms with van der Waals surface area (Å²) in [6, 6.07) is 0. The summed E-state index contributed by atoms with van der Waals surface area (Å²) >= 11 is 0. The van der Waals surface area contributed by atoms with Crippen LogP contribution in [0.5, 0.6) is 0 Å². The molecule has 0 bridgehead atoms. The van der Waals surface area contributed by atoms with Crippen molar-refractivity contribution in [1.29, 1.82) is 0 Å². The summed E-state index contributed by atoms with van der Waals surface area (Å²) in [5.41, 5.74) is 0. The number of aromatic carboxylic acids is 1. The molecule has 0 saturated heterocycles. The lowest BCUT2D eigenvalue weighted by atomic mass is 10.6. The fourth-order valence-corrected chi connectivity index (χ4v) is 0.382. The Morgan fingerprint density at radius 1 is 1.78 bits per heavy atom. The first-order valence-corrected chi connectivity index (χ1v) is 2.22. The number of carbonyl (C=O) groups excluding carboxylic acids is 1. The molecule has 0 saturated carbocycles. The Morgan fingerprint density at radius 2 is 2.44 bits per heavy atom. The first kappa shape index (κ1) is 5.74. The molecule has 0 unspecified atom stereocenters. The van der Waals surface area contributed by atoms with Gasteiger partial charge in [-0.2, -0.15) is 4.98 Å². The molecule has 0 atom stereocenters. The minimum atomic E-state index is -1.42. The Kier molecular flexibility index (Phi) is 1.18. The maximum absolute atomic E-state index is 9.92. The van der Waals surface area contributed by atoms with Crippen LogP contribution in [0, 0.1) is 6.92 Å². The van der Waals surface area contributed by atoms with E-state index < -0.39 is 11.8 Å². The summed E-state index contributed by atoms with van der Waals surface area (Å²) in [4.78, 5) is 13.3. The summed E-state index contributed by atoms with van der Waals surface area (Å²) < 4.78 is 4.34. The Morgan fingerprint density at radius 3 is 2.67 bits per heavy atom. The Labute approximate surface area is 50.3 Å². The maximum Gasteiger partial charge on any atom is 0.223 e. The van der Waals surface area contributed by atoms with Crippen LogP contribution < -0.4 is 5.11 Å². The molecule has 0 radical (unpaired) electrons. The molecule has 9 heavy (non-hydrogen) atoms. The molecule has 0 amide bonds. The lowest BCUT2D eigenvalue weighted by molar-refractivity contribution is -0.256. The molecule has 1 aromatic heterocycles. The van der Waals surface area contributed by atoms with Crippen LogP contribution in [0.4, 0.5) is 0 Å². The van der Waals surface area contributed by atoms with E-state index in [0.717, 1.165) is 0 Å². The van der Waals surface area contributed by atoms with Crippen molar-refractivity contribution in [3.63, 3.8) is 0 Å². The monoisotopic (exact) mass is 127 g/mol. The van der Waals surface area contributed by atoms with E-state index in [-0.39, 0.29) is 5.89 Å². The van der Waals surface area contributed by atoms with Gasteiger partial charge in [0.15, 0.2) is 0 Å². The summed E-state index contributed by atoms with van der Waals surface area (Å²) in [6.07, 6.45) is 0. The second-order valence-corrected chi connectivity index (χ2v) is 1.42. The van der Waals surface area contributed by atoms with Gasteiger partial charge in [-0.25, -0.2) is 0 Å². The van der Waals surface area contributed by atoms with Gasteiger partial charge in [-0.3, -0.25) is 0 Å². The van der Waals surface area contributed by atoms with Gasteiger partial charge in [0, 0.05) is 6.92 Å². The van der Waals surface area contributed by atoms with E-state index in [0.29, 0.717) is 0 Å². The molecule has 0 aliphatic carbocycles. The fourth-order valence-electron chi connectivity index (χ4n) is 0.382. The van der Waals surface area contributed by atoms with E-state index in [4.69, 9.17) is 0 Å². The van der Waals surface area contributed by atoms with E-state index in [1.165, 1.54) is 6.92 Å². The number of carboxylic acids is 1. The number of carboxylic acid groups (broad SMARTS) is 1. The molecule has 1 aromatic rings. The normalized spacial score (nSPS) is 9.44. The molecule has 1 heterocycles. The van der Waals surface area contributed by atoms with Gasteiger partial charge in [0.1, 0.15) is 5.97 Å². The number of nitrogens with zero attached hydrogens (tertiary/aromatic N) is 2. The van der Waals surface area contributed by atoms with Crippen molar-refractivity contribution in [2.75, 3.05) is 0 Å². The van der Waals surface area contributed by atoms with E-state index in [1.807, 2.05) is 0 Å². The van der Waals surface area contributed by atoms with Crippen LogP contribution in [-0.4, -0.2) is 16.1 Å². The lowest BCUT2D eigenvalue weighted by Gasteiger charge is -1.87. The van der Waals surface area contributed by atoms with Crippen molar-refractivity contribution in [2.45, 2.75) is 6.92 Å². The number of aryl methyl sites for hydroxylation is 1. The minimum absolute atomic E-state index is 0.217. The van der Waals surface area contributed by atoms with Crippen molar-refractivity contribution in [3.05, 3.63) is 11.7 Å². The number of hydrogen-bond acceptors (Lipinski definition) is 5. The SMILES string of the molecule is Cc1nc(C(=O)[O-])no1. The lowest BCUT2D eigenvalue weighted by Crippen LogP contribution is -2.23. The number of rotatable bonds is 1. The van der Waals surface area contributed by atoms with E-state index in [1.54, 1.807) is 0 Å². The number of carbonyl (C=O) groups is 1. The van der Waals surface area contributed by atoms with Gasteiger partial charge in [0.2, 0.25) is 11.7 Å². The highest BCUT2D eigenvalue weighted by Gasteiger charge is 1.99. The molecule has 0 N–H and O–H groups in total. The molecule has 48 valence electrons. The molecule has 0 fully saturated rings. The van der Waals surface area contributed by atoms with Gasteiger partial charge >= 0.3 is 0 Å². The maximum atomic E-state index is 9.92. The van der Waals surface area contributed by atoms with Crippen molar-refractivity contribution >= 4 is 5.97 Å². The summed E-state index contributed by atoms with van der Waals surface area (Å²) in [7, 11) is 0. The summed E-state index contributed by atoms with van der Waals surface area (Å²) in [5.74, 6) is -1.62. The molecule has 1 rings (SSSR count). The third kappa shape index (κ3) is 1.04. The third-order valence-corrected chi connectivity index (χ3v) is 0.710. The number of aromatic nitrogens is 2. The van der Waals surface area contributed by atoms with E-state index >= 15 is 0 Å². The highest BCUT2D eigenvalue weighted by atomic mass is 16.5. The predicted molar refractivity (Wildman–Crippen MR) is 23.4 cm³/mol. The fraction of sp³-hybridized carbons (Fsp3) is 0.250. The van der Waals surface area contributed by atoms with Crippen LogP contribution in [0.25, 0.3) is 0 Å². The van der Waals surface area contributed by atoms with Crippen molar-refractivity contribution < 1.29 is 14.4 Å². The van der Waals surface area contributed by atoms with Crippen molar-refractivity contribution in [1.82, 2.24) is 10.1 Å². The Bertz CT molecular complexity index is 229. The van der Waals surface area contributed by atoms with Crippen molar-refractivity contribution in [3.8, 4) is 0 Å². The van der Waals surface area contributed by atoms with Gasteiger partial charge in [0.05, 0.1) is 0 Å². The van der Waals surface area contributed by atoms with Crippen LogP contribution in [-0.2, 0) is 0 Å². The molecule has 0 spiro atoms. The summed E-state index contributed by atoms with van der Waals surface area (Å²) in [6.45, 7) is 1.50. The van der Waals surface area contributed by atoms with Gasteiger partial charge in [-0.1, -0.05) is 5.16 Å².